The zero-order valence-electron chi connectivity index (χ0n) is 15.5. The van der Waals surface area contributed by atoms with Gasteiger partial charge in [0.1, 0.15) is 4.90 Å². The summed E-state index contributed by atoms with van der Waals surface area (Å²) in [7, 11) is -2.82. The zero-order chi connectivity index (χ0) is 21.2. The number of carboxylic acids is 1. The summed E-state index contributed by atoms with van der Waals surface area (Å²) in [5.74, 6) is -1.39. The van der Waals surface area contributed by atoms with Crippen LogP contribution in [-0.4, -0.2) is 47.9 Å². The number of ether oxygens (including phenoxy) is 1. The first-order chi connectivity index (χ1) is 13.7. The number of nitrogens with one attached hydrogen (secondary N) is 2. The minimum absolute atomic E-state index is 0.0256. The average Bonchev–Trinajstić information content (AvgIpc) is 3.00. The lowest BCUT2D eigenvalue weighted by atomic mass is 10.1. The summed E-state index contributed by atoms with van der Waals surface area (Å²) in [5, 5.41) is 11.3. The van der Waals surface area contributed by atoms with E-state index in [1.165, 1.54) is 31.0 Å². The topological polar surface area (TPSA) is 148 Å². The number of fused-ring (bicyclic) bond motifs is 1. The van der Waals surface area contributed by atoms with Gasteiger partial charge in [0.25, 0.3) is 10.0 Å². The van der Waals surface area contributed by atoms with Gasteiger partial charge >= 0.3 is 12.0 Å². The van der Waals surface area contributed by atoms with Gasteiger partial charge in [-0.05, 0) is 18.1 Å². The van der Waals surface area contributed by atoms with Crippen LogP contribution in [-0.2, 0) is 27.7 Å². The molecule has 2 amide bonds. The monoisotopic (exact) mass is 438 g/mol. The average molecular weight is 438 g/mol. The Morgan fingerprint density at radius 1 is 1.34 bits per heavy atom. The number of carboxylic acid groups (broad SMARTS) is 1. The molecule has 1 unspecified atom stereocenters. The minimum atomic E-state index is -4.14. The molecule has 1 atom stereocenters. The molecule has 154 valence electrons. The highest BCUT2D eigenvalue weighted by Gasteiger charge is 2.28. The van der Waals surface area contributed by atoms with Crippen LogP contribution in [0.1, 0.15) is 18.2 Å². The molecule has 2 heterocycles. The van der Waals surface area contributed by atoms with Gasteiger partial charge in [0, 0.05) is 16.2 Å². The van der Waals surface area contributed by atoms with Crippen molar-refractivity contribution in [1.82, 2.24) is 14.7 Å². The van der Waals surface area contributed by atoms with Crippen LogP contribution in [0.4, 0.5) is 10.7 Å². The number of carbonyl (C=O) groups excluding carboxylic acids is 1. The second-order valence-electron chi connectivity index (χ2n) is 6.23. The molecule has 12 heteroatoms. The summed E-state index contributed by atoms with van der Waals surface area (Å²) in [6.45, 7) is 2.00. The van der Waals surface area contributed by atoms with E-state index < -0.39 is 28.4 Å². The molecule has 1 aliphatic rings. The molecule has 1 aromatic heterocycles. The lowest BCUT2D eigenvalue weighted by Crippen LogP contribution is -2.35. The normalized spacial score (nSPS) is 15.4. The first kappa shape index (κ1) is 20.9. The van der Waals surface area contributed by atoms with E-state index in [0.29, 0.717) is 4.90 Å². The maximum Gasteiger partial charge on any atom is 0.335 e. The van der Waals surface area contributed by atoms with Gasteiger partial charge in [0.2, 0.25) is 11.8 Å². The van der Waals surface area contributed by atoms with E-state index in [0.717, 1.165) is 12.0 Å². The Bertz CT molecular complexity index is 1070. The lowest BCUT2D eigenvalue weighted by Gasteiger charge is -2.11. The Morgan fingerprint density at radius 2 is 2.10 bits per heavy atom. The highest BCUT2D eigenvalue weighted by molar-refractivity contribution is 8.01. The van der Waals surface area contributed by atoms with Crippen LogP contribution in [0, 0.1) is 0 Å². The van der Waals surface area contributed by atoms with Gasteiger partial charge in [-0.15, -0.1) is 11.8 Å². The van der Waals surface area contributed by atoms with Gasteiger partial charge in [0.05, 0.1) is 19.2 Å². The number of urea groups is 1. The molecule has 1 aromatic carbocycles. The van der Waals surface area contributed by atoms with E-state index in [2.05, 4.69) is 15.3 Å². The maximum atomic E-state index is 12.7. The zero-order valence-corrected chi connectivity index (χ0v) is 17.1. The smallest absolute Gasteiger partial charge is 0.335 e. The highest BCUT2D eigenvalue weighted by atomic mass is 32.2. The van der Waals surface area contributed by atoms with Crippen molar-refractivity contribution in [2.45, 2.75) is 34.8 Å². The van der Waals surface area contributed by atoms with Gasteiger partial charge < -0.3 is 9.84 Å². The molecule has 0 spiro atoms. The number of anilines is 1. The third-order valence-electron chi connectivity index (χ3n) is 3.93. The minimum Gasteiger partial charge on any atom is -0.481 e. The predicted molar refractivity (Wildman–Crippen MR) is 105 cm³/mol. The fraction of sp³-hybridized carbons (Fsp3) is 0.294. The summed E-state index contributed by atoms with van der Waals surface area (Å²) < 4.78 is 32.3. The van der Waals surface area contributed by atoms with E-state index in [1.54, 1.807) is 6.07 Å². The van der Waals surface area contributed by atoms with Crippen molar-refractivity contribution < 1.29 is 27.9 Å². The Kier molecular flexibility index (Phi) is 5.94. The molecular weight excluding hydrogens is 420 g/mol. The quantitative estimate of drug-likeness (QED) is 0.612. The number of aromatic nitrogens is 2. The van der Waals surface area contributed by atoms with Gasteiger partial charge in [0.15, 0.2) is 0 Å². The summed E-state index contributed by atoms with van der Waals surface area (Å²) in [6, 6.07) is 5.16. The number of rotatable bonds is 6. The van der Waals surface area contributed by atoms with Crippen molar-refractivity contribution >= 4 is 39.7 Å². The fourth-order valence-electron chi connectivity index (χ4n) is 2.80. The van der Waals surface area contributed by atoms with Crippen LogP contribution in [0.15, 0.2) is 34.1 Å². The van der Waals surface area contributed by atoms with Gasteiger partial charge in [-0.3, -0.25) is 10.1 Å². The molecule has 0 fully saturated rings. The number of sulfonamides is 1. The van der Waals surface area contributed by atoms with Crippen LogP contribution in [0.3, 0.4) is 0 Å². The summed E-state index contributed by atoms with van der Waals surface area (Å²) in [6.07, 6.45) is 0.332. The Morgan fingerprint density at radius 3 is 2.79 bits per heavy atom. The maximum absolute atomic E-state index is 12.7. The van der Waals surface area contributed by atoms with Crippen LogP contribution >= 0.6 is 11.8 Å². The predicted octanol–water partition coefficient (Wildman–Crippen LogP) is 1.66. The molecule has 0 saturated heterocycles. The first-order valence-electron chi connectivity index (χ1n) is 8.44. The molecule has 3 N–H and O–H groups in total. The molecule has 0 bridgehead atoms. The number of amides is 2. The van der Waals surface area contributed by atoms with Gasteiger partial charge in [-0.1, -0.05) is 19.1 Å². The molecule has 29 heavy (non-hydrogen) atoms. The Balaban J connectivity index is 1.79. The second kappa shape index (κ2) is 8.25. The third-order valence-corrected chi connectivity index (χ3v) is 6.72. The van der Waals surface area contributed by atoms with E-state index in [4.69, 9.17) is 9.84 Å². The highest BCUT2D eigenvalue weighted by Crippen LogP contribution is 2.40. The summed E-state index contributed by atoms with van der Waals surface area (Å²) >= 11 is 1.44. The number of hydrogen-bond donors (Lipinski definition) is 3. The van der Waals surface area contributed by atoms with E-state index in [1.807, 2.05) is 17.7 Å². The number of methoxy groups -OCH3 is 1. The molecule has 0 aliphatic carbocycles. The number of carbonyl (C=O) groups is 2. The van der Waals surface area contributed by atoms with Crippen molar-refractivity contribution in [3.8, 4) is 5.88 Å². The number of hydrogen-bond acceptors (Lipinski definition) is 8. The lowest BCUT2D eigenvalue weighted by molar-refractivity contribution is -0.136. The molecule has 0 radical (unpaired) electrons. The molecule has 10 nitrogen and oxygen atoms in total. The van der Waals surface area contributed by atoms with E-state index in [-0.39, 0.29) is 27.7 Å². The van der Waals surface area contributed by atoms with Crippen molar-refractivity contribution in [3.05, 3.63) is 35.5 Å². The second-order valence-corrected chi connectivity index (χ2v) is 9.33. The Labute approximate surface area is 171 Å². The Hall–Kier alpha value is -2.86. The standard InChI is InChI=1S/C17H18N4O6S2/c1-9-6-10-4-3-5-12(15(10)28-9)29(25,26)21-17(24)20-16-18-11(8-14(22)23)7-13(19-16)27-2/h3-5,7,9H,6,8H2,1-2H3,(H,22,23)(H2,18,19,20,21,24). The summed E-state index contributed by atoms with van der Waals surface area (Å²) in [5.41, 5.74) is 1.01. The number of aliphatic carboxylic acids is 1. The number of nitrogens with zero attached hydrogens (tertiary/aromatic N) is 2. The molecule has 2 aromatic rings. The van der Waals surface area contributed by atoms with Crippen molar-refractivity contribution in [2.24, 2.45) is 0 Å². The fourth-order valence-corrected chi connectivity index (χ4v) is 5.47. The van der Waals surface area contributed by atoms with Crippen molar-refractivity contribution in [3.63, 3.8) is 0 Å². The molecule has 0 saturated carbocycles. The number of benzene rings is 1. The molecule has 1 aliphatic heterocycles. The summed E-state index contributed by atoms with van der Waals surface area (Å²) in [4.78, 5) is 31.5. The van der Waals surface area contributed by atoms with Crippen molar-refractivity contribution in [2.75, 3.05) is 12.4 Å². The van der Waals surface area contributed by atoms with Crippen molar-refractivity contribution in [1.29, 1.82) is 0 Å². The third kappa shape index (κ3) is 4.95. The van der Waals surface area contributed by atoms with Crippen LogP contribution in [0.25, 0.3) is 0 Å². The SMILES string of the molecule is COc1cc(CC(=O)O)nc(NC(=O)NS(=O)(=O)c2cccc3c2SC(C)C3)n1. The van der Waals surface area contributed by atoms with E-state index in [9.17, 15) is 18.0 Å². The van der Waals surface area contributed by atoms with E-state index >= 15 is 0 Å². The largest absolute Gasteiger partial charge is 0.481 e. The first-order valence-corrected chi connectivity index (χ1v) is 10.8. The molecule has 3 rings (SSSR count). The van der Waals surface area contributed by atoms with Gasteiger partial charge in [-0.25, -0.2) is 22.9 Å². The van der Waals surface area contributed by atoms with Crippen LogP contribution in [0.5, 0.6) is 5.88 Å². The number of thioether (sulfide) groups is 1. The van der Waals surface area contributed by atoms with Crippen LogP contribution < -0.4 is 14.8 Å². The van der Waals surface area contributed by atoms with Crippen LogP contribution in [0.2, 0.25) is 0 Å². The van der Waals surface area contributed by atoms with Gasteiger partial charge in [-0.2, -0.15) is 4.98 Å². The molecular formula is C17H18N4O6S2.